The molecule has 286 valence electrons. The molecule has 0 amide bonds. The quantitative estimate of drug-likeness (QED) is 0.127. The van der Waals surface area contributed by atoms with Crippen molar-refractivity contribution in [1.29, 1.82) is 0 Å². The van der Waals surface area contributed by atoms with E-state index in [4.69, 9.17) is 0 Å². The lowest BCUT2D eigenvalue weighted by Gasteiger charge is -2.29. The van der Waals surface area contributed by atoms with Crippen molar-refractivity contribution >= 4 is 68.2 Å². The van der Waals surface area contributed by atoms with Crippen LogP contribution in [-0.2, 0) is 6.42 Å². The fourth-order valence-electron chi connectivity index (χ4n) is 9.02. The Morgan fingerprint density at radius 2 is 1.22 bits per heavy atom. The summed E-state index contributed by atoms with van der Waals surface area (Å²) in [7, 11) is 0. The minimum Gasteiger partial charge on any atom is -0.310 e. The molecule has 0 unspecified atom stereocenters. The van der Waals surface area contributed by atoms with Crippen LogP contribution in [0.25, 0.3) is 68.0 Å². The van der Waals surface area contributed by atoms with Crippen molar-refractivity contribution in [2.45, 2.75) is 33.1 Å². The van der Waals surface area contributed by atoms with Crippen LogP contribution in [0.4, 0.5) is 17.1 Å². The average molecular weight is 761 g/mol. The van der Waals surface area contributed by atoms with Crippen molar-refractivity contribution < 1.29 is 0 Å². The molecule has 0 saturated carbocycles. The molecule has 0 fully saturated rings. The van der Waals surface area contributed by atoms with E-state index >= 15 is 0 Å². The molecule has 0 N–H and O–H groups in total. The molecule has 1 aromatic heterocycles. The van der Waals surface area contributed by atoms with Crippen LogP contribution in [0.1, 0.15) is 60.1 Å². The number of hydrogen-bond donors (Lipinski definition) is 0. The molecule has 1 aliphatic carbocycles. The van der Waals surface area contributed by atoms with Gasteiger partial charge in [-0.25, -0.2) is 0 Å². The molecule has 0 radical (unpaired) electrons. The number of para-hydroxylation sites is 2. The molecule has 0 atom stereocenters. The van der Waals surface area contributed by atoms with Gasteiger partial charge in [0.2, 0.25) is 0 Å². The summed E-state index contributed by atoms with van der Waals surface area (Å²) in [6, 6.07) is 57.3. The Balaban J connectivity index is 1.21. The van der Waals surface area contributed by atoms with Gasteiger partial charge in [0, 0.05) is 33.4 Å². The smallest absolute Gasteiger partial charge is 0.0565 e. The summed E-state index contributed by atoms with van der Waals surface area (Å²) in [6.45, 7) is 12.6. The van der Waals surface area contributed by atoms with Crippen LogP contribution in [0, 0.1) is 0 Å². The lowest BCUT2D eigenvalue weighted by atomic mass is 9.90. The van der Waals surface area contributed by atoms with Crippen molar-refractivity contribution in [3.63, 3.8) is 0 Å². The first-order chi connectivity index (χ1) is 29.1. The first-order valence-corrected chi connectivity index (χ1v) is 20.7. The highest BCUT2D eigenvalue weighted by atomic mass is 15.1. The number of rotatable bonds is 11. The van der Waals surface area contributed by atoms with Gasteiger partial charge >= 0.3 is 0 Å². The van der Waals surface area contributed by atoms with Crippen LogP contribution in [-0.4, -0.2) is 4.57 Å². The Bertz CT molecular complexity index is 2920. The third-order valence-corrected chi connectivity index (χ3v) is 11.8. The van der Waals surface area contributed by atoms with E-state index in [1.165, 1.54) is 55.2 Å². The van der Waals surface area contributed by atoms with E-state index in [1.807, 2.05) is 12.2 Å². The zero-order chi connectivity index (χ0) is 40.3. The Kier molecular flexibility index (Phi) is 10.4. The number of benzene rings is 7. The maximum absolute atomic E-state index is 4.13. The summed E-state index contributed by atoms with van der Waals surface area (Å²) in [4.78, 5) is 2.44. The second-order valence-electron chi connectivity index (χ2n) is 15.1. The summed E-state index contributed by atoms with van der Waals surface area (Å²) in [5.74, 6) is 0. The zero-order valence-corrected chi connectivity index (χ0v) is 33.9. The molecule has 2 nitrogen and oxygen atoms in total. The number of fused-ring (bicyclic) bond motifs is 3. The molecule has 9 rings (SSSR count). The summed E-state index contributed by atoms with van der Waals surface area (Å²) in [5, 5.41) is 2.56. The van der Waals surface area contributed by atoms with Gasteiger partial charge in [-0.3, -0.25) is 0 Å². The highest BCUT2D eigenvalue weighted by Gasteiger charge is 2.24. The van der Waals surface area contributed by atoms with Crippen LogP contribution < -0.4 is 4.90 Å². The van der Waals surface area contributed by atoms with E-state index in [1.54, 1.807) is 0 Å². The Morgan fingerprint density at radius 3 is 1.86 bits per heavy atom. The molecule has 2 heteroatoms. The lowest BCUT2D eigenvalue weighted by molar-refractivity contribution is 1.07. The molecular weight excluding hydrogens is 713 g/mol. The number of aryl methyl sites for hydroxylation is 1. The summed E-state index contributed by atoms with van der Waals surface area (Å²) in [6.07, 6.45) is 15.9. The van der Waals surface area contributed by atoms with Gasteiger partial charge < -0.3 is 9.47 Å². The zero-order valence-electron chi connectivity index (χ0n) is 33.9. The molecular formula is C57H48N2. The molecule has 1 aliphatic rings. The fourth-order valence-corrected chi connectivity index (χ4v) is 9.02. The highest BCUT2D eigenvalue weighted by Crippen LogP contribution is 2.45. The third kappa shape index (κ3) is 6.87. The van der Waals surface area contributed by atoms with Gasteiger partial charge in [0.15, 0.2) is 0 Å². The van der Waals surface area contributed by atoms with Gasteiger partial charge in [-0.15, -0.1) is 0 Å². The number of hydrogen-bond acceptors (Lipinski definition) is 1. The minimum absolute atomic E-state index is 0.884. The van der Waals surface area contributed by atoms with Gasteiger partial charge in [0.05, 0.1) is 16.7 Å². The predicted octanol–water partition coefficient (Wildman–Crippen LogP) is 16.1. The van der Waals surface area contributed by atoms with Crippen molar-refractivity contribution in [2.24, 2.45) is 0 Å². The molecule has 59 heavy (non-hydrogen) atoms. The van der Waals surface area contributed by atoms with Gasteiger partial charge in [-0.2, -0.15) is 0 Å². The van der Waals surface area contributed by atoms with E-state index in [2.05, 4.69) is 219 Å². The summed E-state index contributed by atoms with van der Waals surface area (Å²) >= 11 is 0. The Morgan fingerprint density at radius 1 is 0.593 bits per heavy atom. The molecule has 0 bridgehead atoms. The van der Waals surface area contributed by atoms with Crippen LogP contribution in [0.15, 0.2) is 189 Å². The van der Waals surface area contributed by atoms with E-state index in [0.717, 1.165) is 64.3 Å². The van der Waals surface area contributed by atoms with E-state index in [9.17, 15) is 0 Å². The van der Waals surface area contributed by atoms with E-state index in [-0.39, 0.29) is 0 Å². The maximum atomic E-state index is 4.13. The fraction of sp³-hybridized carbons (Fsp3) is 0.0877. The Labute approximate surface area is 348 Å². The number of anilines is 3. The largest absolute Gasteiger partial charge is 0.310 e. The van der Waals surface area contributed by atoms with Crippen molar-refractivity contribution in [3.05, 3.63) is 222 Å². The maximum Gasteiger partial charge on any atom is 0.0565 e. The lowest BCUT2D eigenvalue weighted by Crippen LogP contribution is -2.13. The van der Waals surface area contributed by atoms with Crippen molar-refractivity contribution in [3.8, 4) is 16.8 Å². The van der Waals surface area contributed by atoms with Gasteiger partial charge in [-0.05, 0) is 125 Å². The first-order valence-electron chi connectivity index (χ1n) is 20.7. The number of allylic oxidation sites excluding steroid dienone is 5. The van der Waals surface area contributed by atoms with Crippen molar-refractivity contribution in [1.82, 2.24) is 4.57 Å². The normalized spacial score (nSPS) is 12.8. The van der Waals surface area contributed by atoms with Gasteiger partial charge in [0.25, 0.3) is 0 Å². The SMILES string of the molecule is C=Cc1cccc(-c2ccc(-n3c4ccccc4c4c(CC)c(/C=C\C)c(N(c5ccccc5)c5ccc(C6=CC=C(c7ccccc7)CC6)cc5)cc43)cc2)c1C=C. The average Bonchev–Trinajstić information content (AvgIpc) is 3.63. The second kappa shape index (κ2) is 16.4. The standard InChI is InChI=1S/C57H48N2/c1-5-18-52-50(8-4)57-53-24-15-16-26-54(53)59(48-37-33-45(34-38-48)51-25-17-21-40(6-2)49(51)7-3)56(57)39-55(52)58(46-22-13-10-14-23-46)47-35-31-44(32-36-47)43-29-27-42(28-30-43)41-19-11-9-12-20-41/h5-7,9-27,29,31-39H,2-3,8,28,30H2,1,4H3/b18-5-. The van der Waals surface area contributed by atoms with Crippen LogP contribution in [0.3, 0.4) is 0 Å². The molecule has 0 spiro atoms. The number of nitrogens with zero attached hydrogens (tertiary/aromatic N) is 2. The monoisotopic (exact) mass is 760 g/mol. The van der Waals surface area contributed by atoms with Crippen molar-refractivity contribution in [2.75, 3.05) is 4.90 Å². The Hall–Kier alpha value is -7.16. The molecule has 0 saturated heterocycles. The highest BCUT2D eigenvalue weighted by molar-refractivity contribution is 6.14. The van der Waals surface area contributed by atoms with E-state index < -0.39 is 0 Å². The first kappa shape index (κ1) is 37.4. The second-order valence-corrected chi connectivity index (χ2v) is 15.1. The van der Waals surface area contributed by atoms with Gasteiger partial charge in [0.1, 0.15) is 0 Å². The third-order valence-electron chi connectivity index (χ3n) is 11.8. The van der Waals surface area contributed by atoms with Gasteiger partial charge in [-0.1, -0.05) is 166 Å². The molecule has 7 aromatic carbocycles. The summed E-state index contributed by atoms with van der Waals surface area (Å²) < 4.78 is 2.45. The molecule has 8 aromatic rings. The van der Waals surface area contributed by atoms with Crippen LogP contribution in [0.2, 0.25) is 0 Å². The topological polar surface area (TPSA) is 8.17 Å². The predicted molar refractivity (Wildman–Crippen MR) is 257 cm³/mol. The summed E-state index contributed by atoms with van der Waals surface area (Å²) in [5.41, 5.74) is 19.3. The number of aromatic nitrogens is 1. The van der Waals surface area contributed by atoms with Crippen LogP contribution in [0.5, 0.6) is 0 Å². The molecule has 1 heterocycles. The van der Waals surface area contributed by atoms with Crippen LogP contribution >= 0.6 is 0 Å². The van der Waals surface area contributed by atoms with E-state index in [0.29, 0.717) is 0 Å². The molecule has 0 aliphatic heterocycles. The minimum atomic E-state index is 0.884.